The van der Waals surface area contributed by atoms with Crippen LogP contribution < -0.4 is 10.4 Å². The van der Waals surface area contributed by atoms with Crippen molar-refractivity contribution in [2.75, 3.05) is 0 Å². The zero-order chi connectivity index (χ0) is 29.9. The third-order valence-electron chi connectivity index (χ3n) is 9.27. The predicted octanol–water partition coefficient (Wildman–Crippen LogP) is 8.94. The molecule has 0 spiro atoms. The molecule has 2 heterocycles. The van der Waals surface area contributed by atoms with E-state index < -0.39 is 17.6 Å². The van der Waals surface area contributed by atoms with Crippen molar-refractivity contribution < 1.29 is 0 Å². The van der Waals surface area contributed by atoms with Gasteiger partial charge in [-0.3, -0.25) is 0 Å². The van der Waals surface area contributed by atoms with Crippen molar-refractivity contribution in [3.05, 3.63) is 133 Å². The lowest BCUT2D eigenvalue weighted by Crippen LogP contribution is -2.22. The van der Waals surface area contributed by atoms with Crippen molar-refractivity contribution >= 4 is 71.6 Å². The van der Waals surface area contributed by atoms with E-state index in [9.17, 15) is 0 Å². The number of hydrogen-bond acceptors (Lipinski definition) is 0. The Hall–Kier alpha value is -4.65. The Kier molecular flexibility index (Phi) is 6.44. The number of para-hydroxylation sites is 2. The van der Waals surface area contributed by atoms with E-state index in [4.69, 9.17) is 0 Å². The second kappa shape index (κ2) is 10.5. The highest BCUT2D eigenvalue weighted by molar-refractivity contribution is 6.71. The molecule has 0 N–H and O–H groups in total. The summed E-state index contributed by atoms with van der Waals surface area (Å²) in [5.41, 5.74) is 10.0. The van der Waals surface area contributed by atoms with Crippen LogP contribution in [0.1, 0.15) is 0 Å². The molecule has 4 heteroatoms. The molecule has 0 aliphatic carbocycles. The van der Waals surface area contributed by atoms with Crippen LogP contribution in [0.15, 0.2) is 133 Å². The Balaban J connectivity index is 1.32. The van der Waals surface area contributed by atoms with E-state index in [2.05, 4.69) is 169 Å². The molecule has 0 aliphatic rings. The molecule has 8 aromatic rings. The molecule has 8 rings (SSSR count). The average Bonchev–Trinajstić information content (AvgIpc) is 3.57. The average molecular weight is 601 g/mol. The molecular weight excluding hydrogens is 565 g/mol. The predicted molar refractivity (Wildman–Crippen MR) is 198 cm³/mol. The van der Waals surface area contributed by atoms with Crippen molar-refractivity contribution in [3.8, 4) is 22.5 Å². The molecule has 2 nitrogen and oxygen atoms in total. The summed E-state index contributed by atoms with van der Waals surface area (Å²) in [6.45, 7) is 9.59. The second-order valence-corrected chi connectivity index (χ2v) is 18.6. The van der Waals surface area contributed by atoms with Crippen molar-refractivity contribution in [1.82, 2.24) is 9.13 Å². The molecule has 2 aromatic heterocycles. The first-order valence-corrected chi connectivity index (χ1v) is 21.5. The van der Waals surface area contributed by atoms with Gasteiger partial charge in [0.2, 0.25) is 0 Å². The first-order valence-electron chi connectivity index (χ1n) is 15.8. The summed E-state index contributed by atoms with van der Waals surface area (Å²) in [5, 5.41) is 8.17. The van der Waals surface area contributed by atoms with Crippen LogP contribution in [0.2, 0.25) is 26.2 Å². The summed E-state index contributed by atoms with van der Waals surface area (Å²) in [7, 11) is -1.83. The monoisotopic (exact) mass is 600 g/mol. The Morgan fingerprint density at radius 1 is 0.364 bits per heavy atom. The molecule has 0 bridgehead atoms. The summed E-state index contributed by atoms with van der Waals surface area (Å²) >= 11 is 0. The fourth-order valence-electron chi connectivity index (χ4n) is 6.91. The minimum Gasteiger partial charge on any atom is -0.309 e. The number of rotatable bonds is 5. The molecule has 0 saturated heterocycles. The van der Waals surface area contributed by atoms with E-state index in [1.165, 1.54) is 76.5 Å². The van der Waals surface area contributed by atoms with E-state index in [0.29, 0.717) is 0 Å². The lowest BCUT2D eigenvalue weighted by Gasteiger charge is -2.12. The largest absolute Gasteiger partial charge is 0.309 e. The molecule has 0 aliphatic heterocycles. The maximum Gasteiger partial charge on any atom is 0.0648 e. The van der Waals surface area contributed by atoms with Gasteiger partial charge in [-0.05, 0) is 71.8 Å². The van der Waals surface area contributed by atoms with Crippen LogP contribution in [0.4, 0.5) is 0 Å². The normalized spacial score (nSPS) is 12.0. The zero-order valence-corrected chi connectivity index (χ0v) is 28.1. The van der Waals surface area contributed by atoms with Crippen LogP contribution in [-0.4, -0.2) is 26.7 Å². The molecule has 6 aromatic carbocycles. The van der Waals surface area contributed by atoms with E-state index in [1.807, 2.05) is 0 Å². The van der Waals surface area contributed by atoms with E-state index >= 15 is 0 Å². The fourth-order valence-corrected chi connectivity index (χ4v) is 8.91. The number of fused-ring (bicyclic) bond motifs is 6. The molecule has 0 fully saturated rings. The standard InChI is InChI=1S/C40H36N2Si2/c1-43(2)31-13-9-11-29(25-31)41-37-17-7-5-15-33(37)35-23-27(19-21-39(35)41)28-20-22-40-36(24-28)34-16-6-8-18-38(34)42(40)30-12-10-14-32(26-30)44(3)4/h5-26,43-44H,1-4H3. The van der Waals surface area contributed by atoms with Crippen molar-refractivity contribution in [3.63, 3.8) is 0 Å². The van der Waals surface area contributed by atoms with Crippen LogP contribution in [0, 0.1) is 0 Å². The highest BCUT2D eigenvalue weighted by Crippen LogP contribution is 2.38. The first-order chi connectivity index (χ1) is 21.5. The van der Waals surface area contributed by atoms with Gasteiger partial charge in [-0.25, -0.2) is 0 Å². The number of nitrogens with zero attached hydrogens (tertiary/aromatic N) is 2. The summed E-state index contributed by atoms with van der Waals surface area (Å²) in [5.74, 6) is 0. The van der Waals surface area contributed by atoms with Gasteiger partial charge in [0.1, 0.15) is 0 Å². The van der Waals surface area contributed by atoms with E-state index in [1.54, 1.807) is 0 Å². The summed E-state index contributed by atoms with van der Waals surface area (Å²) in [6.07, 6.45) is 0. The third kappa shape index (κ3) is 4.28. The lowest BCUT2D eigenvalue weighted by atomic mass is 10.0. The third-order valence-corrected chi connectivity index (χ3v) is 12.7. The highest BCUT2D eigenvalue weighted by Gasteiger charge is 2.17. The molecule has 0 atom stereocenters. The Morgan fingerprint density at radius 2 is 0.773 bits per heavy atom. The van der Waals surface area contributed by atoms with Gasteiger partial charge in [0.25, 0.3) is 0 Å². The maximum absolute atomic E-state index is 2.44. The molecule has 44 heavy (non-hydrogen) atoms. The minimum atomic E-state index is -0.913. The molecule has 0 unspecified atom stereocenters. The van der Waals surface area contributed by atoms with E-state index in [0.717, 1.165) is 0 Å². The lowest BCUT2D eigenvalue weighted by molar-refractivity contribution is 1.18. The second-order valence-electron chi connectivity index (χ2n) is 12.7. The SMILES string of the molecule is C[SiH](C)c1cccc(-n2c3ccccc3c3cc(-c4ccc5c(c4)c4ccccc4n5-c4cccc([SiH](C)C)c4)ccc32)c1. The summed E-state index contributed by atoms with van der Waals surface area (Å²) in [6, 6.07) is 50.1. The molecular formula is C40H36N2Si2. The Labute approximate surface area is 262 Å². The quantitative estimate of drug-likeness (QED) is 0.175. The van der Waals surface area contributed by atoms with Gasteiger partial charge in [-0.15, -0.1) is 0 Å². The van der Waals surface area contributed by atoms with Crippen LogP contribution in [-0.2, 0) is 0 Å². The maximum atomic E-state index is 2.44. The summed E-state index contributed by atoms with van der Waals surface area (Å²) < 4.78 is 4.89. The van der Waals surface area contributed by atoms with Gasteiger partial charge in [-0.2, -0.15) is 0 Å². The van der Waals surface area contributed by atoms with E-state index in [-0.39, 0.29) is 0 Å². The highest BCUT2D eigenvalue weighted by atomic mass is 28.3. The van der Waals surface area contributed by atoms with Crippen molar-refractivity contribution in [1.29, 1.82) is 0 Å². The Morgan fingerprint density at radius 3 is 1.20 bits per heavy atom. The smallest absolute Gasteiger partial charge is 0.0648 e. The topological polar surface area (TPSA) is 9.86 Å². The van der Waals surface area contributed by atoms with Crippen LogP contribution in [0.25, 0.3) is 66.1 Å². The van der Waals surface area contributed by atoms with Crippen molar-refractivity contribution in [2.45, 2.75) is 26.2 Å². The minimum absolute atomic E-state index is 0.913. The van der Waals surface area contributed by atoms with Gasteiger partial charge >= 0.3 is 0 Å². The molecule has 214 valence electrons. The van der Waals surface area contributed by atoms with Gasteiger partial charge < -0.3 is 9.13 Å². The summed E-state index contributed by atoms with van der Waals surface area (Å²) in [4.78, 5) is 0. The molecule has 0 amide bonds. The number of aromatic nitrogens is 2. The zero-order valence-electron chi connectivity index (χ0n) is 25.8. The van der Waals surface area contributed by atoms with Gasteiger partial charge in [0.05, 0.1) is 39.7 Å². The number of benzene rings is 6. The van der Waals surface area contributed by atoms with Crippen LogP contribution in [0.3, 0.4) is 0 Å². The van der Waals surface area contributed by atoms with Crippen molar-refractivity contribution in [2.24, 2.45) is 0 Å². The van der Waals surface area contributed by atoms with Gasteiger partial charge in [0.15, 0.2) is 0 Å². The van der Waals surface area contributed by atoms with Crippen LogP contribution in [0.5, 0.6) is 0 Å². The van der Waals surface area contributed by atoms with Gasteiger partial charge in [0, 0.05) is 32.9 Å². The van der Waals surface area contributed by atoms with Crippen LogP contribution >= 0.6 is 0 Å². The first kappa shape index (κ1) is 26.9. The van der Waals surface area contributed by atoms with Gasteiger partial charge in [-0.1, -0.05) is 109 Å². The fraction of sp³-hybridized carbons (Fsp3) is 0.100. The molecule has 0 saturated carbocycles. The number of hydrogen-bond donors (Lipinski definition) is 0. The molecule has 0 radical (unpaired) electrons. The Bertz CT molecular complexity index is 2190.